The number of hydrogen-bond acceptors (Lipinski definition) is 6. The fraction of sp³-hybridized carbons (Fsp3) is 0.250. The monoisotopic (exact) mass is 432 g/mol. The van der Waals surface area contributed by atoms with E-state index in [9.17, 15) is 23.1 Å². The number of amides is 1. The van der Waals surface area contributed by atoms with Crippen LogP contribution in [0.2, 0.25) is 5.02 Å². The fourth-order valence-electron chi connectivity index (χ4n) is 3.85. The summed E-state index contributed by atoms with van der Waals surface area (Å²) in [6, 6.07) is 8.01. The third kappa shape index (κ3) is 3.54. The average molecular weight is 433 g/mol. The molecular formula is C20H17ClN2O5S. The predicted octanol–water partition coefficient (Wildman–Crippen LogP) is 2.34. The number of carbonyl (C=O) groups is 2. The minimum atomic E-state index is -3.29. The highest BCUT2D eigenvalue weighted by Gasteiger charge is 2.51. The molecule has 9 heteroatoms. The molecule has 2 fully saturated rings. The number of nitrogens with zero attached hydrogens (tertiary/aromatic N) is 2. The van der Waals surface area contributed by atoms with E-state index in [1.165, 1.54) is 11.1 Å². The average Bonchev–Trinajstić information content (AvgIpc) is 3.19. The Balaban J connectivity index is 1.88. The molecule has 2 aliphatic rings. The molecule has 0 unspecified atom stereocenters. The van der Waals surface area contributed by atoms with Gasteiger partial charge >= 0.3 is 0 Å². The molecule has 7 nitrogen and oxygen atoms in total. The van der Waals surface area contributed by atoms with Gasteiger partial charge in [-0.15, -0.1) is 0 Å². The van der Waals surface area contributed by atoms with Gasteiger partial charge in [-0.25, -0.2) is 8.42 Å². The van der Waals surface area contributed by atoms with Crippen LogP contribution in [-0.4, -0.2) is 52.6 Å². The third-order valence-corrected chi connectivity index (χ3v) is 7.20. The van der Waals surface area contributed by atoms with Gasteiger partial charge in [0.2, 0.25) is 0 Å². The van der Waals surface area contributed by atoms with Gasteiger partial charge in [0, 0.05) is 29.0 Å². The fourth-order valence-corrected chi connectivity index (χ4v) is 5.69. The van der Waals surface area contributed by atoms with Crippen LogP contribution in [0.25, 0.3) is 5.76 Å². The lowest BCUT2D eigenvalue weighted by molar-refractivity contribution is -0.141. The van der Waals surface area contributed by atoms with Crippen LogP contribution in [0.3, 0.4) is 0 Å². The van der Waals surface area contributed by atoms with E-state index < -0.39 is 33.6 Å². The lowest BCUT2D eigenvalue weighted by Gasteiger charge is -2.29. The molecule has 1 aromatic heterocycles. The van der Waals surface area contributed by atoms with Crippen molar-refractivity contribution < 1.29 is 23.1 Å². The van der Waals surface area contributed by atoms with E-state index >= 15 is 0 Å². The minimum Gasteiger partial charge on any atom is -0.507 e. The largest absolute Gasteiger partial charge is 0.507 e. The standard InChI is InChI=1S/C20H17ClN2O5S/c21-14-5-3-12(4-6-14)18(24)16-17(13-2-1-8-22-10-13)23(20(26)19(16)25)15-7-9-29(27,28)11-15/h1-6,8,10,15,17,24H,7,9,11H2/t15-,17+/m1/s1. The first-order valence-corrected chi connectivity index (χ1v) is 11.1. The maximum atomic E-state index is 12.9. The van der Waals surface area contributed by atoms with Gasteiger partial charge in [0.15, 0.2) is 9.84 Å². The normalized spacial score (nSPS) is 25.5. The summed E-state index contributed by atoms with van der Waals surface area (Å²) in [6.07, 6.45) is 3.30. The molecule has 1 amide bonds. The number of benzene rings is 1. The maximum Gasteiger partial charge on any atom is 0.295 e. The second-order valence-corrected chi connectivity index (χ2v) is 9.72. The second kappa shape index (κ2) is 7.27. The summed E-state index contributed by atoms with van der Waals surface area (Å²) in [5.74, 6) is -2.26. The Kier molecular flexibility index (Phi) is 4.92. The zero-order chi connectivity index (χ0) is 20.8. The molecule has 1 N–H and O–H groups in total. The molecule has 3 heterocycles. The zero-order valence-electron chi connectivity index (χ0n) is 15.2. The smallest absolute Gasteiger partial charge is 0.295 e. The lowest BCUT2D eigenvalue weighted by atomic mass is 9.96. The predicted molar refractivity (Wildman–Crippen MR) is 107 cm³/mol. The zero-order valence-corrected chi connectivity index (χ0v) is 16.7. The van der Waals surface area contributed by atoms with E-state index in [0.717, 1.165) is 0 Å². The number of aliphatic hydroxyl groups is 1. The molecule has 29 heavy (non-hydrogen) atoms. The van der Waals surface area contributed by atoms with Gasteiger partial charge in [0.25, 0.3) is 11.7 Å². The molecule has 4 rings (SSSR count). The summed E-state index contributed by atoms with van der Waals surface area (Å²) in [7, 11) is -3.29. The van der Waals surface area contributed by atoms with Crippen molar-refractivity contribution in [3.8, 4) is 0 Å². The molecule has 0 bridgehead atoms. The van der Waals surface area contributed by atoms with Crippen molar-refractivity contribution >= 4 is 38.9 Å². The number of carbonyl (C=O) groups excluding carboxylic acids is 2. The lowest BCUT2D eigenvalue weighted by Crippen LogP contribution is -2.40. The van der Waals surface area contributed by atoms with Gasteiger partial charge in [-0.05, 0) is 42.3 Å². The van der Waals surface area contributed by atoms with Gasteiger partial charge in [0.05, 0.1) is 23.1 Å². The van der Waals surface area contributed by atoms with Crippen molar-refractivity contribution in [2.75, 3.05) is 11.5 Å². The summed E-state index contributed by atoms with van der Waals surface area (Å²) < 4.78 is 24.0. The molecule has 0 spiro atoms. The number of pyridine rings is 1. The SMILES string of the molecule is O=C1C(=O)N([C@@H]2CCS(=O)(=O)C2)[C@@H](c2cccnc2)C1=C(O)c1ccc(Cl)cc1. The highest BCUT2D eigenvalue weighted by Crippen LogP contribution is 2.42. The molecule has 2 atom stereocenters. The molecule has 2 saturated heterocycles. The van der Waals surface area contributed by atoms with E-state index in [4.69, 9.17) is 11.6 Å². The van der Waals surface area contributed by atoms with Crippen molar-refractivity contribution in [3.63, 3.8) is 0 Å². The molecule has 1 aromatic carbocycles. The van der Waals surface area contributed by atoms with Gasteiger partial charge in [-0.1, -0.05) is 17.7 Å². The Labute approximate surface area is 172 Å². The number of rotatable bonds is 3. The number of sulfone groups is 1. The van der Waals surface area contributed by atoms with Crippen molar-refractivity contribution in [2.45, 2.75) is 18.5 Å². The molecule has 2 aromatic rings. The molecule has 0 aliphatic carbocycles. The second-order valence-electron chi connectivity index (χ2n) is 7.06. The number of likely N-dealkylation sites (tertiary alicyclic amines) is 1. The number of aromatic nitrogens is 1. The van der Waals surface area contributed by atoms with Crippen LogP contribution in [0.15, 0.2) is 54.4 Å². The number of aliphatic hydroxyl groups excluding tert-OH is 1. The summed E-state index contributed by atoms with van der Waals surface area (Å²) >= 11 is 5.90. The van der Waals surface area contributed by atoms with Crippen LogP contribution in [-0.2, 0) is 19.4 Å². The first-order valence-electron chi connectivity index (χ1n) is 8.95. The summed E-state index contributed by atoms with van der Waals surface area (Å²) in [6.45, 7) is 0. The van der Waals surface area contributed by atoms with Gasteiger partial charge < -0.3 is 10.0 Å². The van der Waals surface area contributed by atoms with Crippen LogP contribution >= 0.6 is 11.6 Å². The summed E-state index contributed by atoms with van der Waals surface area (Å²) in [5, 5.41) is 11.4. The van der Waals surface area contributed by atoms with Crippen molar-refractivity contribution in [2.24, 2.45) is 0 Å². The van der Waals surface area contributed by atoms with Gasteiger partial charge in [-0.2, -0.15) is 0 Å². The minimum absolute atomic E-state index is 0.0440. The molecular weight excluding hydrogens is 416 g/mol. The Morgan fingerprint density at radius 1 is 1.17 bits per heavy atom. The molecule has 0 saturated carbocycles. The quantitative estimate of drug-likeness (QED) is 0.453. The first-order chi connectivity index (χ1) is 13.8. The number of Topliss-reactive ketones (excluding diaryl/α,β-unsaturated/α-hetero) is 1. The van der Waals surface area contributed by atoms with E-state index in [2.05, 4.69) is 4.98 Å². The topological polar surface area (TPSA) is 105 Å². The Morgan fingerprint density at radius 3 is 2.48 bits per heavy atom. The first kappa shape index (κ1) is 19.6. The number of halogens is 1. The van der Waals surface area contributed by atoms with E-state index in [0.29, 0.717) is 16.1 Å². The van der Waals surface area contributed by atoms with E-state index in [-0.39, 0.29) is 29.3 Å². The van der Waals surface area contributed by atoms with Crippen LogP contribution < -0.4 is 0 Å². The van der Waals surface area contributed by atoms with Crippen LogP contribution in [0.1, 0.15) is 23.6 Å². The summed E-state index contributed by atoms with van der Waals surface area (Å²) in [4.78, 5) is 31.1. The maximum absolute atomic E-state index is 12.9. The Bertz CT molecular complexity index is 1110. The van der Waals surface area contributed by atoms with E-state index in [1.54, 1.807) is 42.6 Å². The Hall–Kier alpha value is -2.71. The number of hydrogen-bond donors (Lipinski definition) is 1. The third-order valence-electron chi connectivity index (χ3n) is 5.20. The van der Waals surface area contributed by atoms with Crippen LogP contribution in [0, 0.1) is 0 Å². The van der Waals surface area contributed by atoms with Crippen molar-refractivity contribution in [1.82, 2.24) is 9.88 Å². The highest BCUT2D eigenvalue weighted by atomic mass is 35.5. The molecule has 2 aliphatic heterocycles. The summed E-state index contributed by atoms with van der Waals surface area (Å²) in [5.41, 5.74) is 0.765. The van der Waals surface area contributed by atoms with Crippen molar-refractivity contribution in [1.29, 1.82) is 0 Å². The molecule has 150 valence electrons. The van der Waals surface area contributed by atoms with Crippen LogP contribution in [0.4, 0.5) is 0 Å². The van der Waals surface area contributed by atoms with E-state index in [1.807, 2.05) is 0 Å². The number of ketones is 1. The van der Waals surface area contributed by atoms with Crippen molar-refractivity contribution in [3.05, 3.63) is 70.5 Å². The molecule has 0 radical (unpaired) electrons. The van der Waals surface area contributed by atoms with Gasteiger partial charge in [0.1, 0.15) is 5.76 Å². The Morgan fingerprint density at radius 2 is 1.90 bits per heavy atom. The highest BCUT2D eigenvalue weighted by molar-refractivity contribution is 7.91. The van der Waals surface area contributed by atoms with Gasteiger partial charge in [-0.3, -0.25) is 14.6 Å². The van der Waals surface area contributed by atoms with Crippen LogP contribution in [0.5, 0.6) is 0 Å².